The Morgan fingerprint density at radius 1 is 1.38 bits per heavy atom. The molecule has 3 nitrogen and oxygen atoms in total. The number of aliphatic hydroxyl groups excluding tert-OH is 1. The van der Waals surface area contributed by atoms with Gasteiger partial charge in [0.2, 0.25) is 0 Å². The lowest BCUT2D eigenvalue weighted by Gasteiger charge is -2.48. The molecule has 0 amide bonds. The van der Waals surface area contributed by atoms with E-state index in [-0.39, 0.29) is 5.78 Å². The first kappa shape index (κ1) is 11.3. The summed E-state index contributed by atoms with van der Waals surface area (Å²) in [4.78, 5) is 11.8. The number of Topliss-reactive ketones (excluding diaryl/α,β-unsaturated/α-hetero) is 1. The van der Waals surface area contributed by atoms with Crippen LogP contribution in [0, 0.1) is 0 Å². The van der Waals surface area contributed by atoms with Crippen LogP contribution in [0.2, 0.25) is 0 Å². The van der Waals surface area contributed by atoms with Crippen LogP contribution in [0.4, 0.5) is 0 Å². The van der Waals surface area contributed by atoms with Crippen LogP contribution in [0.5, 0.6) is 0 Å². The summed E-state index contributed by atoms with van der Waals surface area (Å²) in [6, 6.07) is 9.48. The number of aliphatic hydroxyl groups is 1. The molecule has 3 unspecified atom stereocenters. The van der Waals surface area contributed by atoms with E-state index in [1.54, 1.807) is 0 Å². The second-order valence-electron chi connectivity index (χ2n) is 4.25. The summed E-state index contributed by atoms with van der Waals surface area (Å²) in [5.74, 6) is -0.155. The first-order valence-electron chi connectivity index (χ1n) is 5.52. The standard InChI is InChI=1S/C13H16O3/c1-3-16-12-10(14)11(15)13(12,2)9-7-5-4-6-8-9/h4-8,10,12,14H,3H2,1-2H3. The highest BCUT2D eigenvalue weighted by molar-refractivity contribution is 6.01. The van der Waals surface area contributed by atoms with Gasteiger partial charge in [-0.15, -0.1) is 0 Å². The maximum Gasteiger partial charge on any atom is 0.176 e. The molecule has 3 heteroatoms. The largest absolute Gasteiger partial charge is 0.382 e. The van der Waals surface area contributed by atoms with Crippen LogP contribution in [0.15, 0.2) is 30.3 Å². The van der Waals surface area contributed by atoms with Crippen LogP contribution >= 0.6 is 0 Å². The topological polar surface area (TPSA) is 46.5 Å². The number of ether oxygens (including phenoxy) is 1. The third-order valence-electron chi connectivity index (χ3n) is 3.36. The highest BCUT2D eigenvalue weighted by Gasteiger charge is 2.60. The van der Waals surface area contributed by atoms with E-state index in [1.807, 2.05) is 44.2 Å². The third-order valence-corrected chi connectivity index (χ3v) is 3.36. The summed E-state index contributed by atoms with van der Waals surface area (Å²) in [7, 11) is 0. The molecular weight excluding hydrogens is 204 g/mol. The lowest BCUT2D eigenvalue weighted by molar-refractivity contribution is -0.176. The molecule has 0 heterocycles. The van der Waals surface area contributed by atoms with Crippen molar-refractivity contribution < 1.29 is 14.6 Å². The Morgan fingerprint density at radius 3 is 2.56 bits per heavy atom. The summed E-state index contributed by atoms with van der Waals surface area (Å²) in [5, 5.41) is 9.63. The number of carbonyl (C=O) groups is 1. The number of benzene rings is 1. The van der Waals surface area contributed by atoms with E-state index in [4.69, 9.17) is 4.74 Å². The van der Waals surface area contributed by atoms with Crippen LogP contribution in [-0.4, -0.2) is 29.7 Å². The highest BCUT2D eigenvalue weighted by atomic mass is 16.5. The van der Waals surface area contributed by atoms with Gasteiger partial charge in [0.15, 0.2) is 5.78 Å². The van der Waals surface area contributed by atoms with Gasteiger partial charge in [0.25, 0.3) is 0 Å². The van der Waals surface area contributed by atoms with Crippen LogP contribution in [0.25, 0.3) is 0 Å². The zero-order valence-electron chi connectivity index (χ0n) is 9.51. The molecule has 0 bridgehead atoms. The summed E-state index contributed by atoms with van der Waals surface area (Å²) < 4.78 is 5.46. The van der Waals surface area contributed by atoms with Crippen LogP contribution in [0.3, 0.4) is 0 Å². The number of ketones is 1. The van der Waals surface area contributed by atoms with Gasteiger partial charge in [0.05, 0.1) is 5.41 Å². The second-order valence-corrected chi connectivity index (χ2v) is 4.25. The van der Waals surface area contributed by atoms with Crippen LogP contribution in [0.1, 0.15) is 19.4 Å². The molecule has 16 heavy (non-hydrogen) atoms. The maximum atomic E-state index is 11.8. The molecule has 1 saturated carbocycles. The fourth-order valence-corrected chi connectivity index (χ4v) is 2.33. The van der Waals surface area contributed by atoms with E-state index in [0.717, 1.165) is 5.56 Å². The first-order valence-corrected chi connectivity index (χ1v) is 5.52. The van der Waals surface area contributed by atoms with Gasteiger partial charge >= 0.3 is 0 Å². The zero-order chi connectivity index (χ0) is 11.8. The van der Waals surface area contributed by atoms with E-state index in [0.29, 0.717) is 6.61 Å². The Labute approximate surface area is 95.0 Å². The van der Waals surface area contributed by atoms with Crippen LogP contribution in [-0.2, 0) is 14.9 Å². The van der Waals surface area contributed by atoms with E-state index >= 15 is 0 Å². The number of hydrogen-bond donors (Lipinski definition) is 1. The monoisotopic (exact) mass is 220 g/mol. The zero-order valence-corrected chi connectivity index (χ0v) is 9.51. The van der Waals surface area contributed by atoms with Gasteiger partial charge in [-0.25, -0.2) is 0 Å². The van der Waals surface area contributed by atoms with Crippen molar-refractivity contribution in [3.8, 4) is 0 Å². The molecule has 2 rings (SSSR count). The minimum absolute atomic E-state index is 0.155. The van der Waals surface area contributed by atoms with Crippen molar-refractivity contribution in [3.05, 3.63) is 35.9 Å². The van der Waals surface area contributed by atoms with Gasteiger partial charge in [-0.05, 0) is 19.4 Å². The van der Waals surface area contributed by atoms with E-state index in [1.165, 1.54) is 0 Å². The van der Waals surface area contributed by atoms with Gasteiger partial charge in [-0.1, -0.05) is 30.3 Å². The van der Waals surface area contributed by atoms with Crippen molar-refractivity contribution >= 4 is 5.78 Å². The lowest BCUT2D eigenvalue weighted by Crippen LogP contribution is -2.67. The van der Waals surface area contributed by atoms with Gasteiger partial charge in [-0.3, -0.25) is 4.79 Å². The number of rotatable bonds is 3. The Hall–Kier alpha value is -1.19. The van der Waals surface area contributed by atoms with Crippen molar-refractivity contribution in [2.24, 2.45) is 0 Å². The molecule has 1 aliphatic rings. The number of carbonyl (C=O) groups excluding carboxylic acids is 1. The molecule has 1 N–H and O–H groups in total. The summed E-state index contributed by atoms with van der Waals surface area (Å²) in [6.45, 7) is 4.19. The van der Waals surface area contributed by atoms with Crippen LogP contribution < -0.4 is 0 Å². The molecule has 1 aromatic carbocycles. The minimum atomic E-state index is -0.981. The molecule has 1 fully saturated rings. The number of hydrogen-bond acceptors (Lipinski definition) is 3. The molecule has 0 saturated heterocycles. The molecule has 0 aliphatic heterocycles. The average Bonchev–Trinajstić information content (AvgIpc) is 2.35. The molecule has 0 radical (unpaired) electrons. The van der Waals surface area contributed by atoms with Crippen molar-refractivity contribution in [1.82, 2.24) is 0 Å². The molecule has 0 spiro atoms. The second kappa shape index (κ2) is 4.00. The van der Waals surface area contributed by atoms with Gasteiger partial charge in [-0.2, -0.15) is 0 Å². The smallest absolute Gasteiger partial charge is 0.176 e. The SMILES string of the molecule is CCOC1C(O)C(=O)C1(C)c1ccccc1. The molecule has 1 aromatic rings. The first-order chi connectivity index (χ1) is 7.62. The van der Waals surface area contributed by atoms with Crippen molar-refractivity contribution in [2.45, 2.75) is 31.5 Å². The van der Waals surface area contributed by atoms with E-state index in [9.17, 15) is 9.90 Å². The highest BCUT2D eigenvalue weighted by Crippen LogP contribution is 2.42. The predicted molar refractivity (Wildman–Crippen MR) is 60.2 cm³/mol. The Morgan fingerprint density at radius 2 is 2.00 bits per heavy atom. The Kier molecular flexibility index (Phi) is 2.82. The lowest BCUT2D eigenvalue weighted by atomic mass is 9.60. The molecule has 0 aromatic heterocycles. The third kappa shape index (κ3) is 1.39. The molecular formula is C13H16O3. The minimum Gasteiger partial charge on any atom is -0.382 e. The summed E-state index contributed by atoms with van der Waals surface area (Å²) in [6.07, 6.45) is -1.41. The van der Waals surface area contributed by atoms with Gasteiger partial charge < -0.3 is 9.84 Å². The quantitative estimate of drug-likeness (QED) is 0.835. The van der Waals surface area contributed by atoms with Crippen molar-refractivity contribution in [2.75, 3.05) is 6.61 Å². The van der Waals surface area contributed by atoms with Gasteiger partial charge in [0.1, 0.15) is 12.2 Å². The fourth-order valence-electron chi connectivity index (χ4n) is 2.33. The molecule has 1 aliphatic carbocycles. The van der Waals surface area contributed by atoms with E-state index in [2.05, 4.69) is 0 Å². The van der Waals surface area contributed by atoms with Crippen molar-refractivity contribution in [3.63, 3.8) is 0 Å². The Bertz CT molecular complexity index is 387. The fraction of sp³-hybridized carbons (Fsp3) is 0.462. The molecule has 86 valence electrons. The normalized spacial score (nSPS) is 33.6. The Balaban J connectivity index is 2.33. The summed E-state index contributed by atoms with van der Waals surface area (Å²) in [5.41, 5.74) is 0.209. The summed E-state index contributed by atoms with van der Waals surface area (Å²) >= 11 is 0. The van der Waals surface area contributed by atoms with E-state index < -0.39 is 17.6 Å². The molecule has 3 atom stereocenters. The average molecular weight is 220 g/mol. The van der Waals surface area contributed by atoms with Gasteiger partial charge in [0, 0.05) is 6.61 Å². The maximum absolute atomic E-state index is 11.8. The predicted octanol–water partition coefficient (Wildman–Crippen LogP) is 1.29. The van der Waals surface area contributed by atoms with Crippen molar-refractivity contribution in [1.29, 1.82) is 0 Å².